The highest BCUT2D eigenvalue weighted by Crippen LogP contribution is 2.38. The zero-order chi connectivity index (χ0) is 25.5. The molecule has 0 radical (unpaired) electrons. The lowest BCUT2D eigenvalue weighted by molar-refractivity contribution is -0.124. The van der Waals surface area contributed by atoms with E-state index in [0.717, 1.165) is 11.1 Å². The molecule has 0 fully saturated rings. The Bertz CT molecular complexity index is 1440. The van der Waals surface area contributed by atoms with Crippen LogP contribution in [0.25, 0.3) is 10.9 Å². The summed E-state index contributed by atoms with van der Waals surface area (Å²) in [5.41, 5.74) is 7.17. The number of rotatable bonds is 6. The van der Waals surface area contributed by atoms with Gasteiger partial charge in [-0.05, 0) is 46.4 Å². The number of carbonyl (C=O) groups is 2. The third-order valence-electron chi connectivity index (χ3n) is 6.30. The molecule has 0 aliphatic carbocycles. The quantitative estimate of drug-likeness (QED) is 0.342. The van der Waals surface area contributed by atoms with Crippen molar-refractivity contribution in [3.05, 3.63) is 99.4 Å². The summed E-state index contributed by atoms with van der Waals surface area (Å²) in [4.78, 5) is 29.5. The molecular weight excluding hydrogens is 485 g/mol. The predicted molar refractivity (Wildman–Crippen MR) is 138 cm³/mol. The van der Waals surface area contributed by atoms with Crippen molar-refractivity contribution in [2.45, 2.75) is 38.1 Å². The number of nitrogens with two attached hydrogens (primary N) is 1. The van der Waals surface area contributed by atoms with Crippen LogP contribution >= 0.6 is 23.2 Å². The van der Waals surface area contributed by atoms with Crippen LogP contribution in [0.1, 0.15) is 48.0 Å². The Morgan fingerprint density at radius 2 is 1.63 bits per heavy atom. The lowest BCUT2D eigenvalue weighted by Crippen LogP contribution is -2.49. The number of halogens is 2. The van der Waals surface area contributed by atoms with E-state index in [2.05, 4.69) is 25.8 Å². The summed E-state index contributed by atoms with van der Waals surface area (Å²) in [5.74, 6) is -1.88. The Morgan fingerprint density at radius 3 is 2.20 bits per heavy atom. The number of aromatic nitrogens is 2. The molecule has 1 amide bonds. The smallest absolute Gasteiger partial charge is 0.356 e. The molecule has 8 heteroatoms. The van der Waals surface area contributed by atoms with Crippen LogP contribution in [0.2, 0.25) is 10.0 Å². The van der Waals surface area contributed by atoms with Crippen molar-refractivity contribution in [3.63, 3.8) is 0 Å². The fourth-order valence-corrected chi connectivity index (χ4v) is 4.70. The van der Waals surface area contributed by atoms with Crippen LogP contribution in [-0.4, -0.2) is 26.5 Å². The number of primary amides is 1. The minimum atomic E-state index is -1.51. The number of pyridine rings is 1. The van der Waals surface area contributed by atoms with Crippen molar-refractivity contribution in [3.8, 4) is 0 Å². The number of carboxylic acid groups (broad SMARTS) is 1. The van der Waals surface area contributed by atoms with Gasteiger partial charge in [0.05, 0.1) is 15.6 Å². The topological polar surface area (TPSA) is 98.2 Å². The van der Waals surface area contributed by atoms with Gasteiger partial charge in [0.1, 0.15) is 0 Å². The fourth-order valence-electron chi connectivity index (χ4n) is 4.41. The van der Waals surface area contributed by atoms with E-state index in [1.807, 2.05) is 24.3 Å². The van der Waals surface area contributed by atoms with Crippen molar-refractivity contribution in [1.29, 1.82) is 0 Å². The highest BCUT2D eigenvalue weighted by atomic mass is 35.5. The number of benzene rings is 2. The molecule has 2 heterocycles. The van der Waals surface area contributed by atoms with Gasteiger partial charge in [-0.15, -0.1) is 0 Å². The van der Waals surface area contributed by atoms with Gasteiger partial charge in [-0.1, -0.05) is 74.3 Å². The van der Waals surface area contributed by atoms with E-state index in [1.165, 1.54) is 6.20 Å². The Kier molecular flexibility index (Phi) is 6.38. The zero-order valence-electron chi connectivity index (χ0n) is 19.5. The molecule has 0 spiro atoms. The summed E-state index contributed by atoms with van der Waals surface area (Å²) in [6, 6.07) is 16.3. The van der Waals surface area contributed by atoms with E-state index in [0.29, 0.717) is 16.0 Å². The molecule has 6 nitrogen and oxygen atoms in total. The highest BCUT2D eigenvalue weighted by molar-refractivity contribution is 6.42. The van der Waals surface area contributed by atoms with Gasteiger partial charge < -0.3 is 15.4 Å². The van der Waals surface area contributed by atoms with Gasteiger partial charge in [0.15, 0.2) is 11.2 Å². The van der Waals surface area contributed by atoms with E-state index < -0.39 is 17.4 Å². The Morgan fingerprint density at radius 1 is 0.971 bits per heavy atom. The molecule has 4 rings (SSSR count). The molecule has 0 saturated carbocycles. The van der Waals surface area contributed by atoms with Crippen molar-refractivity contribution in [2.75, 3.05) is 0 Å². The number of amides is 1. The summed E-state index contributed by atoms with van der Waals surface area (Å²) in [5, 5.41) is 11.0. The Balaban J connectivity index is 2.02. The van der Waals surface area contributed by atoms with Gasteiger partial charge in [0.25, 0.3) is 0 Å². The van der Waals surface area contributed by atoms with Gasteiger partial charge in [-0.2, -0.15) is 0 Å². The maximum Gasteiger partial charge on any atom is 0.356 e. The normalized spacial score (nSPS) is 13.5. The number of carboxylic acids is 1. The Hall–Kier alpha value is -3.35. The first-order chi connectivity index (χ1) is 16.4. The van der Waals surface area contributed by atoms with E-state index in [-0.39, 0.29) is 28.1 Å². The monoisotopic (exact) mass is 509 g/mol. The summed E-state index contributed by atoms with van der Waals surface area (Å²) >= 11 is 12.5. The molecule has 180 valence electrons. The van der Waals surface area contributed by atoms with Crippen molar-refractivity contribution >= 4 is 46.0 Å². The Labute approximate surface area is 213 Å². The molecule has 0 aliphatic heterocycles. The van der Waals surface area contributed by atoms with Gasteiger partial charge in [-0.3, -0.25) is 4.79 Å². The minimum Gasteiger partial charge on any atom is -0.476 e. The van der Waals surface area contributed by atoms with Gasteiger partial charge in [-0.25, -0.2) is 9.78 Å². The molecule has 0 saturated heterocycles. The first-order valence-electron chi connectivity index (χ1n) is 11.0. The van der Waals surface area contributed by atoms with Crippen LogP contribution in [0.4, 0.5) is 0 Å². The number of fused-ring (bicyclic) bond motifs is 1. The summed E-state index contributed by atoms with van der Waals surface area (Å²) in [7, 11) is 0. The van der Waals surface area contributed by atoms with E-state index in [1.54, 1.807) is 41.1 Å². The average molecular weight is 510 g/mol. The van der Waals surface area contributed by atoms with Crippen LogP contribution in [0, 0.1) is 0 Å². The third kappa shape index (κ3) is 4.40. The second-order valence-electron chi connectivity index (χ2n) is 9.57. The third-order valence-corrected chi connectivity index (χ3v) is 7.04. The van der Waals surface area contributed by atoms with Gasteiger partial charge >= 0.3 is 5.97 Å². The maximum atomic E-state index is 13.4. The molecule has 1 atom stereocenters. The van der Waals surface area contributed by atoms with Crippen LogP contribution in [0.5, 0.6) is 0 Å². The molecule has 4 aromatic rings. The van der Waals surface area contributed by atoms with E-state index in [4.69, 9.17) is 28.9 Å². The van der Waals surface area contributed by atoms with Crippen molar-refractivity contribution in [2.24, 2.45) is 5.73 Å². The van der Waals surface area contributed by atoms with Crippen molar-refractivity contribution < 1.29 is 14.7 Å². The maximum absolute atomic E-state index is 13.4. The zero-order valence-corrected chi connectivity index (χ0v) is 21.1. The average Bonchev–Trinajstić information content (AvgIpc) is 3.23. The molecule has 3 N–H and O–H groups in total. The molecule has 2 aromatic heterocycles. The largest absolute Gasteiger partial charge is 0.476 e. The molecule has 0 aliphatic rings. The van der Waals surface area contributed by atoms with Crippen LogP contribution < -0.4 is 5.73 Å². The van der Waals surface area contributed by atoms with Crippen LogP contribution in [0.15, 0.2) is 67.0 Å². The molecule has 0 bridgehead atoms. The van der Waals surface area contributed by atoms with E-state index >= 15 is 0 Å². The van der Waals surface area contributed by atoms with Gasteiger partial charge in [0, 0.05) is 24.2 Å². The summed E-state index contributed by atoms with van der Waals surface area (Å²) < 4.78 is 1.60. The SMILES string of the molecule is CC(C)(C)c1ccc(CC(C(N)=O)(c2ccc(Cl)c(Cl)c2)n2ccc3ccnc(C(=O)O)c32)cc1. The standard InChI is InChI=1S/C27H25Cl2N3O3/c1-26(2,3)18-6-4-16(5-7-18)15-27(25(30)35,19-8-9-20(28)21(29)14-19)32-13-11-17-10-12-31-22(23(17)32)24(33)34/h4-14H,15H2,1-3H3,(H2,30,35)(H,33,34). The number of hydrogen-bond donors (Lipinski definition) is 2. The number of aromatic carboxylic acids is 1. The molecule has 35 heavy (non-hydrogen) atoms. The molecule has 2 aromatic carbocycles. The summed E-state index contributed by atoms with van der Waals surface area (Å²) in [6.45, 7) is 6.37. The molecular formula is C27H25Cl2N3O3. The lowest BCUT2D eigenvalue weighted by Gasteiger charge is -2.35. The van der Waals surface area contributed by atoms with Crippen molar-refractivity contribution in [1.82, 2.24) is 9.55 Å². The number of carbonyl (C=O) groups excluding carboxylic acids is 1. The number of hydrogen-bond acceptors (Lipinski definition) is 3. The second-order valence-corrected chi connectivity index (χ2v) is 10.4. The first kappa shape index (κ1) is 24.8. The highest BCUT2D eigenvalue weighted by Gasteiger charge is 2.42. The lowest BCUT2D eigenvalue weighted by atomic mass is 9.81. The fraction of sp³-hybridized carbons (Fsp3) is 0.222. The number of nitrogens with zero attached hydrogens (tertiary/aromatic N) is 2. The molecule has 1 unspecified atom stereocenters. The minimum absolute atomic E-state index is 0.0400. The summed E-state index contributed by atoms with van der Waals surface area (Å²) in [6.07, 6.45) is 3.24. The predicted octanol–water partition coefficient (Wildman–Crippen LogP) is 5.81. The second kappa shape index (κ2) is 9.02. The first-order valence-corrected chi connectivity index (χ1v) is 11.8. The van der Waals surface area contributed by atoms with Crippen LogP contribution in [0.3, 0.4) is 0 Å². The van der Waals surface area contributed by atoms with Gasteiger partial charge in [0.2, 0.25) is 5.91 Å². The van der Waals surface area contributed by atoms with Crippen LogP contribution in [-0.2, 0) is 22.2 Å². The van der Waals surface area contributed by atoms with E-state index in [9.17, 15) is 14.7 Å².